The number of carboxylic acid groups (broad SMARTS) is 6. The molecule has 0 N–H and O–H groups in total. The third-order valence-corrected chi connectivity index (χ3v) is 0. The van der Waals surface area contributed by atoms with Gasteiger partial charge in [-0.1, -0.05) is 0 Å². The minimum absolute atomic E-state index is 0. The van der Waals surface area contributed by atoms with E-state index in [1.807, 2.05) is 0 Å². The van der Waals surface area contributed by atoms with Gasteiger partial charge in [0.15, 0.2) is 0 Å². The maximum absolute atomic E-state index is 8.89. The van der Waals surface area contributed by atoms with Gasteiger partial charge in [-0.05, 0) is 41.5 Å². The molecular formula is C12H18O12Rh2. The first-order valence-corrected chi connectivity index (χ1v) is 5.45. The van der Waals surface area contributed by atoms with Crippen molar-refractivity contribution in [3.63, 3.8) is 0 Å². The van der Waals surface area contributed by atoms with Crippen LogP contribution in [0.5, 0.6) is 0 Å². The van der Waals surface area contributed by atoms with Crippen LogP contribution in [0.3, 0.4) is 0 Å². The SMILES string of the molecule is CC(=O)[O-].CC(=O)[O-].CC(=O)[O-].CC(=O)[O-].CC(=O)[O-].CC(=O)[O-].[Rh+3].[Rh+3]. The van der Waals surface area contributed by atoms with Crippen LogP contribution in [0.2, 0.25) is 0 Å². The molecule has 0 rings (SSSR count). The Morgan fingerprint density at radius 1 is 0.346 bits per heavy atom. The van der Waals surface area contributed by atoms with E-state index in [1.165, 1.54) is 0 Å². The molecule has 0 fully saturated rings. The van der Waals surface area contributed by atoms with Gasteiger partial charge >= 0.3 is 39.0 Å². The van der Waals surface area contributed by atoms with Crippen LogP contribution in [-0.2, 0) is 67.7 Å². The zero-order valence-corrected chi connectivity index (χ0v) is 17.8. The van der Waals surface area contributed by atoms with E-state index in [4.69, 9.17) is 59.4 Å². The fourth-order valence-corrected chi connectivity index (χ4v) is 0. The predicted molar refractivity (Wildman–Crippen MR) is 64.1 cm³/mol. The Kier molecular flexibility index (Phi) is 83.0. The van der Waals surface area contributed by atoms with E-state index in [1.54, 1.807) is 0 Å². The largest absolute Gasteiger partial charge is 3.00 e. The molecule has 0 aromatic rings. The molecule has 156 valence electrons. The molecule has 0 unspecified atom stereocenters. The van der Waals surface area contributed by atoms with Crippen LogP contribution in [0.4, 0.5) is 0 Å². The fraction of sp³-hybridized carbons (Fsp3) is 0.500. The van der Waals surface area contributed by atoms with Crippen molar-refractivity contribution in [2.45, 2.75) is 41.5 Å². The summed E-state index contributed by atoms with van der Waals surface area (Å²) in [5, 5.41) is 53.3. The minimum atomic E-state index is -1.08. The molecule has 26 heavy (non-hydrogen) atoms. The molecule has 0 amide bonds. The molecule has 0 bridgehead atoms. The van der Waals surface area contributed by atoms with Gasteiger partial charge in [0.25, 0.3) is 0 Å². The number of aliphatic carboxylic acids is 6. The first-order valence-electron chi connectivity index (χ1n) is 5.45. The van der Waals surface area contributed by atoms with Gasteiger partial charge in [-0.25, -0.2) is 0 Å². The van der Waals surface area contributed by atoms with E-state index in [2.05, 4.69) is 0 Å². The maximum Gasteiger partial charge on any atom is 3.00 e. The molecular weight excluding hydrogens is 542 g/mol. The summed E-state index contributed by atoms with van der Waals surface area (Å²) in [4.78, 5) is 53.3. The summed E-state index contributed by atoms with van der Waals surface area (Å²) in [6, 6.07) is 0. The molecule has 0 spiro atoms. The summed E-state index contributed by atoms with van der Waals surface area (Å²) in [5.74, 6) is -6.50. The van der Waals surface area contributed by atoms with E-state index in [0.29, 0.717) is 0 Å². The van der Waals surface area contributed by atoms with Crippen molar-refractivity contribution >= 4 is 35.8 Å². The first kappa shape index (κ1) is 49.6. The zero-order chi connectivity index (χ0) is 21.5. The second-order valence-corrected chi connectivity index (χ2v) is 2.95. The van der Waals surface area contributed by atoms with E-state index in [0.717, 1.165) is 41.5 Å². The molecule has 0 heterocycles. The topological polar surface area (TPSA) is 241 Å². The van der Waals surface area contributed by atoms with Crippen molar-refractivity contribution in [2.75, 3.05) is 0 Å². The van der Waals surface area contributed by atoms with Crippen LogP contribution in [-0.4, -0.2) is 35.8 Å². The average Bonchev–Trinajstić information content (AvgIpc) is 2.08. The third-order valence-electron chi connectivity index (χ3n) is 0. The number of carboxylic acids is 6. The first-order chi connectivity index (χ1) is 10.4. The quantitative estimate of drug-likeness (QED) is 0.251. The monoisotopic (exact) mass is 560 g/mol. The molecule has 14 heteroatoms. The summed E-state index contributed by atoms with van der Waals surface area (Å²) in [7, 11) is 0. The Morgan fingerprint density at radius 3 is 0.346 bits per heavy atom. The van der Waals surface area contributed by atoms with Crippen LogP contribution in [0.15, 0.2) is 0 Å². The van der Waals surface area contributed by atoms with Gasteiger partial charge in [0.1, 0.15) is 0 Å². The summed E-state index contributed by atoms with van der Waals surface area (Å²) in [5.41, 5.74) is 0. The molecule has 0 aliphatic rings. The summed E-state index contributed by atoms with van der Waals surface area (Å²) >= 11 is 0. The smallest absolute Gasteiger partial charge is 0.550 e. The molecule has 12 nitrogen and oxygen atoms in total. The number of carbonyl (C=O) groups is 6. The molecule has 0 atom stereocenters. The van der Waals surface area contributed by atoms with E-state index in [9.17, 15) is 0 Å². The maximum atomic E-state index is 8.89. The molecule has 0 aromatic heterocycles. The Morgan fingerprint density at radius 2 is 0.346 bits per heavy atom. The Hall–Kier alpha value is -1.93. The second-order valence-electron chi connectivity index (χ2n) is 2.95. The number of carbonyl (C=O) groups excluding carboxylic acids is 6. The van der Waals surface area contributed by atoms with E-state index >= 15 is 0 Å². The Labute approximate surface area is 175 Å². The molecule has 0 aliphatic heterocycles. The average molecular weight is 560 g/mol. The van der Waals surface area contributed by atoms with Crippen molar-refractivity contribution in [3.05, 3.63) is 0 Å². The van der Waals surface area contributed by atoms with Crippen LogP contribution >= 0.6 is 0 Å². The Balaban J connectivity index is -0.0000000245. The van der Waals surface area contributed by atoms with Gasteiger partial charge in [0.05, 0.1) is 0 Å². The summed E-state index contributed by atoms with van der Waals surface area (Å²) in [6.45, 7) is 5.83. The minimum Gasteiger partial charge on any atom is -0.550 e. The number of hydrogen-bond donors (Lipinski definition) is 0. The fourth-order valence-electron chi connectivity index (χ4n) is 0. The standard InChI is InChI=1S/6C2H4O2.2Rh/c6*1-2(3)4;;/h6*1H3,(H,3,4);;/q;;;;;;2*+3/p-6. The predicted octanol–water partition coefficient (Wildman–Crippen LogP) is -7.47. The van der Waals surface area contributed by atoms with Crippen molar-refractivity contribution in [2.24, 2.45) is 0 Å². The molecule has 0 saturated carbocycles. The summed E-state index contributed by atoms with van der Waals surface area (Å²) < 4.78 is 0. The number of rotatable bonds is 0. The summed E-state index contributed by atoms with van der Waals surface area (Å²) in [6.07, 6.45) is 0. The van der Waals surface area contributed by atoms with Gasteiger partial charge in [-0.15, -0.1) is 0 Å². The van der Waals surface area contributed by atoms with Crippen molar-refractivity contribution in [1.82, 2.24) is 0 Å². The van der Waals surface area contributed by atoms with Crippen LogP contribution in [0.25, 0.3) is 0 Å². The molecule has 0 aliphatic carbocycles. The second kappa shape index (κ2) is 43.5. The van der Waals surface area contributed by atoms with Gasteiger partial charge in [-0.3, -0.25) is 0 Å². The van der Waals surface area contributed by atoms with Crippen molar-refractivity contribution < 1.29 is 98.4 Å². The molecule has 0 radical (unpaired) electrons. The van der Waals surface area contributed by atoms with E-state index < -0.39 is 35.8 Å². The van der Waals surface area contributed by atoms with Crippen LogP contribution in [0.1, 0.15) is 41.5 Å². The third kappa shape index (κ3) is 2620. The van der Waals surface area contributed by atoms with Crippen LogP contribution < -0.4 is 30.6 Å². The van der Waals surface area contributed by atoms with Crippen LogP contribution in [0, 0.1) is 0 Å². The van der Waals surface area contributed by atoms with Crippen molar-refractivity contribution in [1.29, 1.82) is 0 Å². The Bertz CT molecular complexity index is 265. The van der Waals surface area contributed by atoms with Crippen molar-refractivity contribution in [3.8, 4) is 0 Å². The van der Waals surface area contributed by atoms with E-state index in [-0.39, 0.29) is 39.0 Å². The molecule has 0 saturated heterocycles. The van der Waals surface area contributed by atoms with Gasteiger partial charge < -0.3 is 59.4 Å². The van der Waals surface area contributed by atoms with Gasteiger partial charge in [-0.2, -0.15) is 0 Å². The van der Waals surface area contributed by atoms with Gasteiger partial charge in [0.2, 0.25) is 0 Å². The van der Waals surface area contributed by atoms with Gasteiger partial charge in [0, 0.05) is 35.8 Å². The molecule has 0 aromatic carbocycles. The normalized spacial score (nSPS) is 5.77. The number of hydrogen-bond acceptors (Lipinski definition) is 12. The zero-order valence-electron chi connectivity index (χ0n) is 14.6.